The van der Waals surface area contributed by atoms with Gasteiger partial charge in [-0.15, -0.1) is 0 Å². The Kier molecular flexibility index (Phi) is 3.80. The minimum Gasteiger partial charge on any atom is -0.396 e. The Labute approximate surface area is 107 Å². The van der Waals surface area contributed by atoms with Gasteiger partial charge in [-0.1, -0.05) is 35.4 Å². The van der Waals surface area contributed by atoms with E-state index in [0.717, 1.165) is 5.92 Å². The lowest BCUT2D eigenvalue weighted by molar-refractivity contribution is 0.0691. The number of hydrogen-bond acceptors (Lipinski definition) is 1. The Morgan fingerprint density at radius 3 is 2.94 bits per heavy atom. The average molecular weight is 287 g/mol. The number of halogens is 1. The van der Waals surface area contributed by atoms with Crippen LogP contribution < -0.4 is 0 Å². The lowest BCUT2D eigenvalue weighted by Gasteiger charge is -2.44. The Balaban J connectivity index is 2.23. The summed E-state index contributed by atoms with van der Waals surface area (Å²) in [6.45, 7) is 5.02. The number of aliphatic hydroxyl groups is 1. The van der Waals surface area contributed by atoms with Crippen LogP contribution in [0.25, 0.3) is 0 Å². The first-order valence-electron chi connectivity index (χ1n) is 6.53. The first-order chi connectivity index (χ1) is 7.63. The highest BCUT2D eigenvalue weighted by Crippen LogP contribution is 2.59. The van der Waals surface area contributed by atoms with Crippen molar-refractivity contribution in [3.63, 3.8) is 0 Å². The van der Waals surface area contributed by atoms with Gasteiger partial charge in [0.05, 0.1) is 0 Å². The maximum atomic E-state index is 9.40. The van der Waals surface area contributed by atoms with Crippen LogP contribution in [-0.2, 0) is 0 Å². The molecule has 16 heavy (non-hydrogen) atoms. The van der Waals surface area contributed by atoms with E-state index in [1.807, 2.05) is 0 Å². The third-order valence-electron chi connectivity index (χ3n) is 5.15. The van der Waals surface area contributed by atoms with Crippen LogP contribution in [0.1, 0.15) is 46.0 Å². The zero-order valence-corrected chi connectivity index (χ0v) is 12.0. The second kappa shape index (κ2) is 4.81. The van der Waals surface area contributed by atoms with E-state index in [1.165, 1.54) is 32.1 Å². The van der Waals surface area contributed by atoms with E-state index in [9.17, 15) is 5.11 Å². The van der Waals surface area contributed by atoms with E-state index in [1.54, 1.807) is 5.57 Å². The SMILES string of the molecule is C[C@H](CO)[C@H]1CCC2C(=CBr)CCC[C@@]21C. The minimum atomic E-state index is 0.348. The Hall–Kier alpha value is 0.180. The topological polar surface area (TPSA) is 20.2 Å². The van der Waals surface area contributed by atoms with Crippen LogP contribution in [0.15, 0.2) is 10.6 Å². The first kappa shape index (κ1) is 12.6. The summed E-state index contributed by atoms with van der Waals surface area (Å²) >= 11 is 3.53. The van der Waals surface area contributed by atoms with E-state index >= 15 is 0 Å². The molecule has 0 heterocycles. The normalized spacial score (nSPS) is 43.4. The fraction of sp³-hybridized carbons (Fsp3) is 0.857. The Morgan fingerprint density at radius 2 is 2.31 bits per heavy atom. The third kappa shape index (κ3) is 1.88. The molecular weight excluding hydrogens is 264 g/mol. The zero-order chi connectivity index (χ0) is 11.8. The smallest absolute Gasteiger partial charge is 0.0459 e. The molecule has 1 N–H and O–H groups in total. The first-order valence-corrected chi connectivity index (χ1v) is 7.45. The molecule has 2 rings (SSSR count). The summed E-state index contributed by atoms with van der Waals surface area (Å²) in [5.41, 5.74) is 2.06. The quantitative estimate of drug-likeness (QED) is 0.810. The van der Waals surface area contributed by atoms with Crippen molar-refractivity contribution in [3.05, 3.63) is 10.6 Å². The van der Waals surface area contributed by atoms with Gasteiger partial charge in [0.15, 0.2) is 0 Å². The number of rotatable bonds is 2. The van der Waals surface area contributed by atoms with Gasteiger partial charge in [0, 0.05) is 6.61 Å². The van der Waals surface area contributed by atoms with E-state index in [2.05, 4.69) is 34.8 Å². The molecule has 2 saturated carbocycles. The monoisotopic (exact) mass is 286 g/mol. The van der Waals surface area contributed by atoms with Crippen LogP contribution in [0.2, 0.25) is 0 Å². The molecule has 0 aromatic heterocycles. The molecule has 0 aliphatic heterocycles. The Morgan fingerprint density at radius 1 is 1.56 bits per heavy atom. The molecule has 92 valence electrons. The fourth-order valence-corrected chi connectivity index (χ4v) is 4.82. The average Bonchev–Trinajstić information content (AvgIpc) is 2.64. The van der Waals surface area contributed by atoms with Gasteiger partial charge < -0.3 is 5.11 Å². The molecule has 2 heteroatoms. The van der Waals surface area contributed by atoms with Gasteiger partial charge in [0.1, 0.15) is 0 Å². The summed E-state index contributed by atoms with van der Waals surface area (Å²) in [4.78, 5) is 2.17. The van der Waals surface area contributed by atoms with Crippen LogP contribution in [0.3, 0.4) is 0 Å². The van der Waals surface area contributed by atoms with E-state index in [4.69, 9.17) is 0 Å². The van der Waals surface area contributed by atoms with E-state index < -0.39 is 0 Å². The lowest BCUT2D eigenvalue weighted by Crippen LogP contribution is -2.36. The molecule has 0 amide bonds. The van der Waals surface area contributed by atoms with Gasteiger partial charge in [-0.05, 0) is 60.3 Å². The van der Waals surface area contributed by atoms with Gasteiger partial charge in [0.2, 0.25) is 0 Å². The van der Waals surface area contributed by atoms with Gasteiger partial charge in [0.25, 0.3) is 0 Å². The van der Waals surface area contributed by atoms with Crippen molar-refractivity contribution >= 4 is 15.9 Å². The summed E-state index contributed by atoms with van der Waals surface area (Å²) in [5, 5.41) is 9.40. The lowest BCUT2D eigenvalue weighted by atomic mass is 9.61. The standard InChI is InChI=1S/C14H23BrO/c1-10(9-16)12-5-6-13-11(8-15)4-3-7-14(12,13)2/h8,10,12-13,16H,3-7,9H2,1-2H3/t10-,12-,13?,14-/m1/s1. The van der Waals surface area contributed by atoms with Crippen molar-refractivity contribution in [1.82, 2.24) is 0 Å². The second-order valence-corrected chi connectivity index (χ2v) is 6.40. The van der Waals surface area contributed by atoms with Crippen molar-refractivity contribution in [2.45, 2.75) is 46.0 Å². The molecule has 1 unspecified atom stereocenters. The van der Waals surface area contributed by atoms with Gasteiger partial charge in [-0.25, -0.2) is 0 Å². The predicted octanol–water partition coefficient (Wildman–Crippen LogP) is 4.11. The van der Waals surface area contributed by atoms with Gasteiger partial charge >= 0.3 is 0 Å². The van der Waals surface area contributed by atoms with Crippen LogP contribution in [0.5, 0.6) is 0 Å². The number of allylic oxidation sites excluding steroid dienone is 1. The second-order valence-electron chi connectivity index (χ2n) is 5.94. The van der Waals surface area contributed by atoms with Gasteiger partial charge in [-0.2, -0.15) is 0 Å². The maximum absolute atomic E-state index is 9.40. The number of aliphatic hydroxyl groups excluding tert-OH is 1. The van der Waals surface area contributed by atoms with Crippen molar-refractivity contribution in [3.8, 4) is 0 Å². The van der Waals surface area contributed by atoms with Crippen molar-refractivity contribution < 1.29 is 5.11 Å². The molecule has 0 saturated heterocycles. The van der Waals surface area contributed by atoms with E-state index in [0.29, 0.717) is 23.9 Å². The predicted molar refractivity (Wildman–Crippen MR) is 71.4 cm³/mol. The summed E-state index contributed by atoms with van der Waals surface area (Å²) in [7, 11) is 0. The van der Waals surface area contributed by atoms with E-state index in [-0.39, 0.29) is 0 Å². The number of fused-ring (bicyclic) bond motifs is 1. The molecular formula is C14H23BrO. The molecule has 0 bridgehead atoms. The molecule has 0 spiro atoms. The zero-order valence-electron chi connectivity index (χ0n) is 10.4. The summed E-state index contributed by atoms with van der Waals surface area (Å²) < 4.78 is 0. The highest BCUT2D eigenvalue weighted by atomic mass is 79.9. The maximum Gasteiger partial charge on any atom is 0.0459 e. The highest BCUT2D eigenvalue weighted by molar-refractivity contribution is 9.11. The van der Waals surface area contributed by atoms with Crippen LogP contribution >= 0.6 is 15.9 Å². The minimum absolute atomic E-state index is 0.348. The van der Waals surface area contributed by atoms with Crippen molar-refractivity contribution in [1.29, 1.82) is 0 Å². The molecule has 0 aromatic rings. The summed E-state index contributed by atoms with van der Waals surface area (Å²) in [5.74, 6) is 1.94. The molecule has 2 fully saturated rings. The summed E-state index contributed by atoms with van der Waals surface area (Å²) in [6.07, 6.45) is 6.55. The molecule has 1 nitrogen and oxygen atoms in total. The molecule has 0 aromatic carbocycles. The molecule has 4 atom stereocenters. The molecule has 0 radical (unpaired) electrons. The van der Waals surface area contributed by atoms with Gasteiger partial charge in [-0.3, -0.25) is 0 Å². The summed E-state index contributed by atoms with van der Waals surface area (Å²) in [6, 6.07) is 0. The van der Waals surface area contributed by atoms with Crippen molar-refractivity contribution in [2.24, 2.45) is 23.2 Å². The number of hydrogen-bond donors (Lipinski definition) is 1. The molecule has 2 aliphatic carbocycles. The van der Waals surface area contributed by atoms with Crippen molar-refractivity contribution in [2.75, 3.05) is 6.61 Å². The third-order valence-corrected chi connectivity index (χ3v) is 5.74. The fourth-order valence-electron chi connectivity index (χ4n) is 4.27. The Bertz CT molecular complexity index is 286. The largest absolute Gasteiger partial charge is 0.396 e. The van der Waals surface area contributed by atoms with Crippen LogP contribution in [0, 0.1) is 23.2 Å². The van der Waals surface area contributed by atoms with Crippen LogP contribution in [-0.4, -0.2) is 11.7 Å². The van der Waals surface area contributed by atoms with Crippen LogP contribution in [0.4, 0.5) is 0 Å². The highest BCUT2D eigenvalue weighted by Gasteiger charge is 2.50. The molecule has 2 aliphatic rings.